The van der Waals surface area contributed by atoms with E-state index in [1.54, 1.807) is 24.1 Å². The minimum atomic E-state index is -0.814. The van der Waals surface area contributed by atoms with Gasteiger partial charge in [-0.1, -0.05) is 13.0 Å². The lowest BCUT2D eigenvalue weighted by Crippen LogP contribution is -2.29. The lowest BCUT2D eigenvalue weighted by Gasteiger charge is -2.22. The molecule has 0 saturated heterocycles. The largest absolute Gasteiger partial charge is 0.481 e. The van der Waals surface area contributed by atoms with Crippen molar-refractivity contribution in [1.82, 2.24) is 0 Å². The van der Waals surface area contributed by atoms with Gasteiger partial charge in [0.05, 0.1) is 5.92 Å². The number of halogens is 1. The molecule has 1 N–H and O–H groups in total. The summed E-state index contributed by atoms with van der Waals surface area (Å²) in [7, 11) is 1.76. The van der Waals surface area contributed by atoms with E-state index in [2.05, 4.69) is 0 Å². The minimum absolute atomic E-state index is 0.312. The maximum Gasteiger partial charge on any atom is 0.308 e. The Kier molecular flexibility index (Phi) is 4.28. The van der Waals surface area contributed by atoms with Crippen LogP contribution in [0.15, 0.2) is 24.3 Å². The molecule has 0 amide bonds. The van der Waals surface area contributed by atoms with Crippen molar-refractivity contribution in [2.24, 2.45) is 5.92 Å². The van der Waals surface area contributed by atoms with E-state index < -0.39 is 11.9 Å². The second-order valence-electron chi connectivity index (χ2n) is 3.80. The van der Waals surface area contributed by atoms with Crippen molar-refractivity contribution in [2.75, 3.05) is 18.5 Å². The first kappa shape index (κ1) is 12.5. The number of carboxylic acids is 1. The maximum atomic E-state index is 13.0. The Morgan fingerprint density at radius 1 is 1.56 bits per heavy atom. The van der Waals surface area contributed by atoms with Crippen LogP contribution >= 0.6 is 0 Å². The van der Waals surface area contributed by atoms with Gasteiger partial charge in [0.1, 0.15) is 5.82 Å². The molecule has 16 heavy (non-hydrogen) atoms. The van der Waals surface area contributed by atoms with Gasteiger partial charge in [-0.15, -0.1) is 0 Å². The van der Waals surface area contributed by atoms with Crippen molar-refractivity contribution in [2.45, 2.75) is 13.3 Å². The molecule has 0 aliphatic heterocycles. The van der Waals surface area contributed by atoms with E-state index in [1.165, 1.54) is 12.1 Å². The molecule has 3 nitrogen and oxygen atoms in total. The SMILES string of the molecule is CCC(CN(C)c1cccc(F)c1)C(=O)O. The number of nitrogens with zero attached hydrogens (tertiary/aromatic N) is 1. The van der Waals surface area contributed by atoms with Gasteiger partial charge in [-0.05, 0) is 24.6 Å². The topological polar surface area (TPSA) is 40.5 Å². The van der Waals surface area contributed by atoms with Gasteiger partial charge in [0, 0.05) is 19.3 Å². The van der Waals surface area contributed by atoms with Crippen LogP contribution in [-0.2, 0) is 4.79 Å². The summed E-state index contributed by atoms with van der Waals surface area (Å²) in [6, 6.07) is 6.14. The van der Waals surface area contributed by atoms with Crippen LogP contribution in [0, 0.1) is 11.7 Å². The number of rotatable bonds is 5. The number of aliphatic carboxylic acids is 1. The van der Waals surface area contributed by atoms with E-state index in [9.17, 15) is 9.18 Å². The highest BCUT2D eigenvalue weighted by molar-refractivity contribution is 5.70. The minimum Gasteiger partial charge on any atom is -0.481 e. The molecule has 0 aliphatic rings. The van der Waals surface area contributed by atoms with Crippen LogP contribution in [0.25, 0.3) is 0 Å². The third kappa shape index (κ3) is 3.22. The molecule has 4 heteroatoms. The lowest BCUT2D eigenvalue weighted by molar-refractivity contribution is -0.141. The summed E-state index contributed by atoms with van der Waals surface area (Å²) in [4.78, 5) is 12.6. The predicted octanol–water partition coefficient (Wildman–Crippen LogP) is 2.37. The molecule has 1 rings (SSSR count). The molecule has 0 aliphatic carbocycles. The van der Waals surface area contributed by atoms with Crippen molar-refractivity contribution in [1.29, 1.82) is 0 Å². The van der Waals surface area contributed by atoms with Crippen LogP contribution in [0.4, 0.5) is 10.1 Å². The highest BCUT2D eigenvalue weighted by Crippen LogP contribution is 2.16. The monoisotopic (exact) mass is 225 g/mol. The molecule has 0 heterocycles. The van der Waals surface area contributed by atoms with Crippen LogP contribution in [0.1, 0.15) is 13.3 Å². The molecule has 0 fully saturated rings. The molecule has 88 valence electrons. The summed E-state index contributed by atoms with van der Waals surface area (Å²) in [5.41, 5.74) is 0.694. The third-order valence-corrected chi connectivity index (χ3v) is 2.59. The van der Waals surface area contributed by atoms with Gasteiger partial charge in [0.15, 0.2) is 0 Å². The summed E-state index contributed by atoms with van der Waals surface area (Å²) in [5, 5.41) is 8.92. The van der Waals surface area contributed by atoms with Gasteiger partial charge in [0.2, 0.25) is 0 Å². The molecule has 0 radical (unpaired) electrons. The van der Waals surface area contributed by atoms with Crippen LogP contribution in [0.5, 0.6) is 0 Å². The average Bonchev–Trinajstić information content (AvgIpc) is 2.25. The van der Waals surface area contributed by atoms with Crippen molar-refractivity contribution in [3.8, 4) is 0 Å². The van der Waals surface area contributed by atoms with Crippen molar-refractivity contribution in [3.63, 3.8) is 0 Å². The molecule has 1 atom stereocenters. The molecule has 1 unspecified atom stereocenters. The summed E-state index contributed by atoms with van der Waals surface area (Å²) < 4.78 is 13.0. The Morgan fingerprint density at radius 3 is 2.75 bits per heavy atom. The van der Waals surface area contributed by atoms with Crippen LogP contribution in [0.2, 0.25) is 0 Å². The highest BCUT2D eigenvalue weighted by atomic mass is 19.1. The second kappa shape index (κ2) is 5.49. The van der Waals surface area contributed by atoms with Crippen LogP contribution in [0.3, 0.4) is 0 Å². The highest BCUT2D eigenvalue weighted by Gasteiger charge is 2.17. The molecule has 0 spiro atoms. The van der Waals surface area contributed by atoms with E-state index in [4.69, 9.17) is 5.11 Å². The van der Waals surface area contributed by atoms with Gasteiger partial charge >= 0.3 is 5.97 Å². The number of hydrogen-bond acceptors (Lipinski definition) is 2. The number of carbonyl (C=O) groups is 1. The first-order valence-electron chi connectivity index (χ1n) is 5.24. The van der Waals surface area contributed by atoms with Crippen molar-refractivity contribution >= 4 is 11.7 Å². The van der Waals surface area contributed by atoms with Crippen molar-refractivity contribution < 1.29 is 14.3 Å². The predicted molar refractivity (Wildman–Crippen MR) is 61.1 cm³/mol. The van der Waals surface area contributed by atoms with Gasteiger partial charge in [-0.2, -0.15) is 0 Å². The Morgan fingerprint density at radius 2 is 2.25 bits per heavy atom. The Balaban J connectivity index is 2.71. The Labute approximate surface area is 94.5 Å². The van der Waals surface area contributed by atoms with Gasteiger partial charge < -0.3 is 10.0 Å². The number of anilines is 1. The first-order chi connectivity index (χ1) is 7.54. The van der Waals surface area contributed by atoms with Crippen LogP contribution in [-0.4, -0.2) is 24.7 Å². The zero-order chi connectivity index (χ0) is 12.1. The summed E-state index contributed by atoms with van der Waals surface area (Å²) in [6.07, 6.45) is 0.564. The fourth-order valence-electron chi connectivity index (χ4n) is 1.53. The second-order valence-corrected chi connectivity index (χ2v) is 3.80. The van der Waals surface area contributed by atoms with E-state index in [-0.39, 0.29) is 5.82 Å². The fourth-order valence-corrected chi connectivity index (χ4v) is 1.53. The maximum absolute atomic E-state index is 13.0. The van der Waals surface area contributed by atoms with Gasteiger partial charge in [0.25, 0.3) is 0 Å². The van der Waals surface area contributed by atoms with Gasteiger partial charge in [-0.3, -0.25) is 4.79 Å². The van der Waals surface area contributed by atoms with E-state index in [1.807, 2.05) is 6.92 Å². The van der Waals surface area contributed by atoms with E-state index >= 15 is 0 Å². The average molecular weight is 225 g/mol. The fraction of sp³-hybridized carbons (Fsp3) is 0.417. The van der Waals surface area contributed by atoms with E-state index in [0.717, 1.165) is 0 Å². The first-order valence-corrected chi connectivity index (χ1v) is 5.24. The Hall–Kier alpha value is -1.58. The van der Waals surface area contributed by atoms with E-state index in [0.29, 0.717) is 18.7 Å². The quantitative estimate of drug-likeness (QED) is 0.836. The van der Waals surface area contributed by atoms with Crippen molar-refractivity contribution in [3.05, 3.63) is 30.1 Å². The number of hydrogen-bond donors (Lipinski definition) is 1. The zero-order valence-corrected chi connectivity index (χ0v) is 9.48. The molecule has 0 saturated carbocycles. The standard InChI is InChI=1S/C12H16FNO2/c1-3-9(12(15)16)8-14(2)11-6-4-5-10(13)7-11/h4-7,9H,3,8H2,1-2H3,(H,15,16). The van der Waals surface area contributed by atoms with Gasteiger partial charge in [-0.25, -0.2) is 4.39 Å². The molecule has 1 aromatic rings. The molecule has 1 aromatic carbocycles. The lowest BCUT2D eigenvalue weighted by atomic mass is 10.1. The molecular formula is C12H16FNO2. The normalized spacial score (nSPS) is 12.2. The third-order valence-electron chi connectivity index (χ3n) is 2.59. The summed E-state index contributed by atoms with van der Waals surface area (Å²) in [6.45, 7) is 2.22. The van der Waals surface area contributed by atoms with Crippen LogP contribution < -0.4 is 4.90 Å². The Bertz CT molecular complexity index is 368. The smallest absolute Gasteiger partial charge is 0.308 e. The zero-order valence-electron chi connectivity index (χ0n) is 9.48. The summed E-state index contributed by atoms with van der Waals surface area (Å²) in [5.74, 6) is -1.55. The molecule has 0 aromatic heterocycles. The molecular weight excluding hydrogens is 209 g/mol. The summed E-state index contributed by atoms with van der Waals surface area (Å²) >= 11 is 0. The number of benzene rings is 1. The molecule has 0 bridgehead atoms. The number of carboxylic acid groups (broad SMARTS) is 1.